The Morgan fingerprint density at radius 2 is 2.00 bits per heavy atom. The minimum absolute atomic E-state index is 0.305. The second-order valence-corrected chi connectivity index (χ2v) is 5.84. The number of nitrogens with two attached hydrogens (primary N) is 2. The summed E-state index contributed by atoms with van der Waals surface area (Å²) in [7, 11) is 1.79. The van der Waals surface area contributed by atoms with Crippen LogP contribution in [0.2, 0.25) is 0 Å². The molecule has 2 aromatic carbocycles. The quantitative estimate of drug-likeness (QED) is 0.258. The molecule has 5 N–H and O–H groups in total. The van der Waals surface area contributed by atoms with E-state index < -0.39 is 0 Å². The van der Waals surface area contributed by atoms with Gasteiger partial charge < -0.3 is 9.75 Å². The summed E-state index contributed by atoms with van der Waals surface area (Å²) in [4.78, 5) is 8.94. The smallest absolute Gasteiger partial charge is 0.233 e. The van der Waals surface area contributed by atoms with Crippen molar-refractivity contribution < 1.29 is 13.9 Å². The van der Waals surface area contributed by atoms with E-state index in [1.54, 1.807) is 46.6 Å². The lowest BCUT2D eigenvalue weighted by atomic mass is 10.1. The summed E-state index contributed by atoms with van der Waals surface area (Å²) >= 11 is 0. The molecule has 0 fully saturated rings. The fourth-order valence-corrected chi connectivity index (χ4v) is 2.50. The number of nitrogens with zero attached hydrogens (tertiary/aromatic N) is 3. The molecule has 9 heteroatoms. The molecule has 0 unspecified atom stereocenters. The lowest BCUT2D eigenvalue weighted by Crippen LogP contribution is -2.26. The van der Waals surface area contributed by atoms with Crippen molar-refractivity contribution in [2.45, 2.75) is 13.5 Å². The number of nitrogens with one attached hydrogen (secondary N) is 1. The summed E-state index contributed by atoms with van der Waals surface area (Å²) in [6.07, 6.45) is 2.14. The highest BCUT2D eigenvalue weighted by molar-refractivity contribution is 5.55. The largest absolute Gasteiger partial charge is 0.472 e. The van der Waals surface area contributed by atoms with Gasteiger partial charge in [0.1, 0.15) is 12.4 Å². The molecule has 3 rings (SSSR count). The Morgan fingerprint density at radius 3 is 2.64 bits per heavy atom. The molecule has 0 spiro atoms. The van der Waals surface area contributed by atoms with Crippen molar-refractivity contribution in [1.29, 1.82) is 0 Å². The number of aromatic nitrogens is 2. The monoisotopic (exact) mass is 386 g/mol. The van der Waals surface area contributed by atoms with Gasteiger partial charge in [-0.15, -0.1) is 5.10 Å². The minimum atomic E-state index is -0.305. The summed E-state index contributed by atoms with van der Waals surface area (Å²) in [6, 6.07) is 13.9. The van der Waals surface area contributed by atoms with E-state index in [9.17, 15) is 4.39 Å². The van der Waals surface area contributed by atoms with Crippen molar-refractivity contribution in [3.05, 3.63) is 71.7 Å². The Labute approximate surface area is 162 Å². The first-order chi connectivity index (χ1) is 13.5. The van der Waals surface area contributed by atoms with Gasteiger partial charge >= 0.3 is 0 Å². The highest BCUT2D eigenvalue weighted by Crippen LogP contribution is 2.23. The van der Waals surface area contributed by atoms with Gasteiger partial charge in [-0.25, -0.2) is 20.8 Å². The molecular formula is C19H23FN6O2. The van der Waals surface area contributed by atoms with E-state index in [1.807, 2.05) is 25.1 Å². The maximum Gasteiger partial charge on any atom is 0.233 e. The zero-order valence-electron chi connectivity index (χ0n) is 15.7. The lowest BCUT2D eigenvalue weighted by Gasteiger charge is -2.18. The molecule has 1 heterocycles. The summed E-state index contributed by atoms with van der Waals surface area (Å²) in [5, 5.41) is 5.89. The molecule has 0 atom stereocenters. The van der Waals surface area contributed by atoms with Gasteiger partial charge in [0.2, 0.25) is 12.3 Å². The van der Waals surface area contributed by atoms with Crippen LogP contribution in [0.1, 0.15) is 11.1 Å². The van der Waals surface area contributed by atoms with Crippen LogP contribution in [0.15, 0.2) is 54.7 Å². The van der Waals surface area contributed by atoms with Crippen LogP contribution in [-0.2, 0) is 11.4 Å². The van der Waals surface area contributed by atoms with Crippen molar-refractivity contribution in [2.24, 2.45) is 11.7 Å². The normalized spacial score (nSPS) is 9.89. The number of hydrogen-bond acceptors (Lipinski definition) is 6. The van der Waals surface area contributed by atoms with Gasteiger partial charge in [-0.1, -0.05) is 18.2 Å². The maximum absolute atomic E-state index is 13.3. The number of rotatable bonds is 6. The Morgan fingerprint density at radius 1 is 1.29 bits per heavy atom. The standard InChI is InChI=1S/C18H19FN4O.CH4N2O/c1-13-5-3-8-17(22(2)20)16(13)12-24-18-9-10-23(21-18)15-7-4-6-14(19)11-15;2-3-1-4/h3-11H,12,20H2,1-2H3;1H,2H2,(H,3,4). The number of carbonyl (C=O) groups is 1. The fourth-order valence-electron chi connectivity index (χ4n) is 2.50. The van der Waals surface area contributed by atoms with Crippen LogP contribution in [0.3, 0.4) is 0 Å². The topological polar surface area (TPSA) is 111 Å². The van der Waals surface area contributed by atoms with Crippen molar-refractivity contribution in [3.8, 4) is 11.6 Å². The molecule has 0 aliphatic rings. The van der Waals surface area contributed by atoms with E-state index in [1.165, 1.54) is 12.1 Å². The molecule has 1 amide bonds. The van der Waals surface area contributed by atoms with Crippen molar-refractivity contribution in [3.63, 3.8) is 0 Å². The molecule has 148 valence electrons. The predicted molar refractivity (Wildman–Crippen MR) is 105 cm³/mol. The number of amides is 1. The number of anilines is 1. The first kappa shape index (κ1) is 20.9. The molecule has 28 heavy (non-hydrogen) atoms. The number of carbonyl (C=O) groups excluding carboxylic acids is 1. The van der Waals surface area contributed by atoms with Gasteiger partial charge in [0.15, 0.2) is 0 Å². The number of halogens is 1. The van der Waals surface area contributed by atoms with Gasteiger partial charge in [-0.05, 0) is 36.8 Å². The number of hydrogen-bond donors (Lipinski definition) is 3. The van der Waals surface area contributed by atoms with E-state index >= 15 is 0 Å². The first-order valence-electron chi connectivity index (χ1n) is 8.37. The van der Waals surface area contributed by atoms with Crippen LogP contribution >= 0.6 is 0 Å². The average Bonchev–Trinajstić information content (AvgIpc) is 3.16. The molecule has 1 aromatic heterocycles. The summed E-state index contributed by atoms with van der Waals surface area (Å²) in [5.74, 6) is 10.4. The van der Waals surface area contributed by atoms with Crippen LogP contribution < -0.4 is 26.9 Å². The number of aryl methyl sites for hydroxylation is 1. The van der Waals surface area contributed by atoms with Crippen LogP contribution in [0.4, 0.5) is 10.1 Å². The number of benzene rings is 2. The first-order valence-corrected chi connectivity index (χ1v) is 8.37. The third kappa shape index (κ3) is 5.53. The SMILES string of the molecule is Cc1cccc(N(C)N)c1COc1ccn(-c2cccc(F)c2)n1.NNC=O. The van der Waals surface area contributed by atoms with E-state index in [-0.39, 0.29) is 5.82 Å². The Balaban J connectivity index is 0.000000640. The Kier molecular flexibility index (Phi) is 7.49. The molecule has 0 aliphatic heterocycles. The van der Waals surface area contributed by atoms with Crippen LogP contribution in [0, 0.1) is 12.7 Å². The zero-order chi connectivity index (χ0) is 20.5. The number of hydrazine groups is 2. The van der Waals surface area contributed by atoms with E-state index in [0.717, 1.165) is 16.8 Å². The number of ether oxygens (including phenoxy) is 1. The van der Waals surface area contributed by atoms with Crippen molar-refractivity contribution in [2.75, 3.05) is 12.1 Å². The Hall–Kier alpha value is -3.43. The third-order valence-electron chi connectivity index (χ3n) is 3.84. The average molecular weight is 386 g/mol. The second-order valence-electron chi connectivity index (χ2n) is 5.84. The van der Waals surface area contributed by atoms with E-state index in [4.69, 9.17) is 15.4 Å². The highest BCUT2D eigenvalue weighted by Gasteiger charge is 2.10. The van der Waals surface area contributed by atoms with Gasteiger partial charge in [0, 0.05) is 24.9 Å². The van der Waals surface area contributed by atoms with Crippen molar-refractivity contribution in [1.82, 2.24) is 15.2 Å². The van der Waals surface area contributed by atoms with Gasteiger partial charge in [0.25, 0.3) is 0 Å². The minimum Gasteiger partial charge on any atom is -0.472 e. The molecular weight excluding hydrogens is 363 g/mol. The molecule has 0 bridgehead atoms. The van der Waals surface area contributed by atoms with Crippen molar-refractivity contribution >= 4 is 12.1 Å². The zero-order valence-corrected chi connectivity index (χ0v) is 15.7. The molecule has 0 radical (unpaired) electrons. The molecule has 0 aliphatic carbocycles. The van der Waals surface area contributed by atoms with Gasteiger partial charge in [0.05, 0.1) is 11.4 Å². The summed E-state index contributed by atoms with van der Waals surface area (Å²) in [6.45, 7) is 2.36. The van der Waals surface area contributed by atoms with Gasteiger partial charge in [-0.3, -0.25) is 10.2 Å². The maximum atomic E-state index is 13.3. The molecule has 0 saturated heterocycles. The molecule has 0 saturated carbocycles. The van der Waals surface area contributed by atoms with Crippen LogP contribution in [0.5, 0.6) is 5.88 Å². The summed E-state index contributed by atoms with van der Waals surface area (Å²) < 4.78 is 20.7. The lowest BCUT2D eigenvalue weighted by molar-refractivity contribution is -0.109. The van der Waals surface area contributed by atoms with Crippen LogP contribution in [0.25, 0.3) is 5.69 Å². The van der Waals surface area contributed by atoms with Gasteiger partial charge in [-0.2, -0.15) is 0 Å². The molecule has 3 aromatic rings. The van der Waals surface area contributed by atoms with Crippen LogP contribution in [-0.4, -0.2) is 23.2 Å². The molecule has 8 nitrogen and oxygen atoms in total. The third-order valence-corrected chi connectivity index (χ3v) is 3.84. The second kappa shape index (κ2) is 10.0. The highest BCUT2D eigenvalue weighted by atomic mass is 19.1. The van der Waals surface area contributed by atoms with E-state index in [2.05, 4.69) is 10.9 Å². The fraction of sp³-hybridized carbons (Fsp3) is 0.158. The Bertz CT molecular complexity index is 913. The predicted octanol–water partition coefficient (Wildman–Crippen LogP) is 1.81. The van der Waals surface area contributed by atoms with E-state index in [0.29, 0.717) is 24.6 Å². The summed E-state index contributed by atoms with van der Waals surface area (Å²) in [5.41, 5.74) is 5.39.